The van der Waals surface area contributed by atoms with E-state index in [1.54, 1.807) is 43.5 Å². The van der Waals surface area contributed by atoms with Crippen molar-refractivity contribution in [2.75, 3.05) is 5.32 Å². The lowest BCUT2D eigenvalue weighted by Gasteiger charge is -2.17. The topological polar surface area (TPSA) is 83.6 Å². The average molecular weight is 520 g/mol. The standard InChI is InChI=1S/C28H21F4N5O/c1-15-12-22(32)35-27-24(20-4-2-3-10-33-20)26(37-25(15)27)17-9-11-34-23(13-17)36-28(38)19(14-21(30)31)16-5-7-18(29)8-6-16/h2-13,19,21,37H,14H2,1H3,(H,34,36,38). The number of carbonyl (C=O) groups is 1. The van der Waals surface area contributed by atoms with E-state index in [9.17, 15) is 22.4 Å². The predicted octanol–water partition coefficient (Wildman–Crippen LogP) is 6.65. The first-order valence-electron chi connectivity index (χ1n) is 11.7. The van der Waals surface area contributed by atoms with Gasteiger partial charge in [-0.15, -0.1) is 0 Å². The Bertz CT molecular complexity index is 1600. The minimum Gasteiger partial charge on any atom is -0.352 e. The number of H-pyrrole nitrogens is 1. The minimum absolute atomic E-state index is 0.121. The number of aromatic nitrogens is 4. The molecule has 0 saturated heterocycles. The fourth-order valence-corrected chi connectivity index (χ4v) is 4.39. The van der Waals surface area contributed by atoms with Crippen molar-refractivity contribution in [2.45, 2.75) is 25.7 Å². The number of anilines is 1. The van der Waals surface area contributed by atoms with E-state index in [1.165, 1.54) is 24.4 Å². The van der Waals surface area contributed by atoms with Crippen LogP contribution in [0, 0.1) is 18.7 Å². The number of hydrogen-bond donors (Lipinski definition) is 2. The first kappa shape index (κ1) is 25.1. The molecule has 0 saturated carbocycles. The zero-order valence-corrected chi connectivity index (χ0v) is 20.1. The van der Waals surface area contributed by atoms with Crippen molar-refractivity contribution in [2.24, 2.45) is 0 Å². The minimum atomic E-state index is -2.75. The van der Waals surface area contributed by atoms with Crippen molar-refractivity contribution in [1.29, 1.82) is 0 Å². The summed E-state index contributed by atoms with van der Waals surface area (Å²) in [6.45, 7) is 1.76. The Morgan fingerprint density at radius 3 is 2.50 bits per heavy atom. The number of fused-ring (bicyclic) bond motifs is 1. The van der Waals surface area contributed by atoms with Crippen LogP contribution >= 0.6 is 0 Å². The van der Waals surface area contributed by atoms with Crippen molar-refractivity contribution in [3.63, 3.8) is 0 Å². The molecule has 0 spiro atoms. The van der Waals surface area contributed by atoms with Gasteiger partial charge in [0.25, 0.3) is 0 Å². The van der Waals surface area contributed by atoms with Crippen LogP contribution in [0.3, 0.4) is 0 Å². The molecule has 5 aromatic rings. The maximum atomic E-state index is 14.3. The van der Waals surface area contributed by atoms with Crippen molar-refractivity contribution >= 4 is 22.8 Å². The van der Waals surface area contributed by atoms with Crippen LogP contribution in [0.2, 0.25) is 0 Å². The molecule has 1 atom stereocenters. The zero-order valence-electron chi connectivity index (χ0n) is 20.1. The lowest BCUT2D eigenvalue weighted by atomic mass is 9.95. The highest BCUT2D eigenvalue weighted by Gasteiger charge is 2.26. The monoisotopic (exact) mass is 519 g/mol. The summed E-state index contributed by atoms with van der Waals surface area (Å²) in [6.07, 6.45) is -0.418. The van der Waals surface area contributed by atoms with Crippen LogP contribution in [0.25, 0.3) is 33.5 Å². The Morgan fingerprint density at radius 1 is 1.00 bits per heavy atom. The lowest BCUT2D eigenvalue weighted by molar-refractivity contribution is -0.118. The molecule has 1 amide bonds. The van der Waals surface area contributed by atoms with Crippen LogP contribution in [0.5, 0.6) is 0 Å². The van der Waals surface area contributed by atoms with E-state index in [0.29, 0.717) is 39.1 Å². The Kier molecular flexibility index (Phi) is 6.87. The second-order valence-corrected chi connectivity index (χ2v) is 8.73. The third-order valence-electron chi connectivity index (χ3n) is 6.15. The fraction of sp³-hybridized carbons (Fsp3) is 0.143. The quantitative estimate of drug-likeness (QED) is 0.186. The number of aryl methyl sites for hydroxylation is 1. The predicted molar refractivity (Wildman–Crippen MR) is 136 cm³/mol. The second kappa shape index (κ2) is 10.4. The number of nitrogens with one attached hydrogen (secondary N) is 2. The van der Waals surface area contributed by atoms with Crippen molar-refractivity contribution in [1.82, 2.24) is 19.9 Å². The fourth-order valence-electron chi connectivity index (χ4n) is 4.39. The van der Waals surface area contributed by atoms with Gasteiger partial charge in [-0.2, -0.15) is 4.39 Å². The number of alkyl halides is 2. The van der Waals surface area contributed by atoms with Gasteiger partial charge < -0.3 is 10.3 Å². The van der Waals surface area contributed by atoms with Gasteiger partial charge in [-0.1, -0.05) is 18.2 Å². The van der Waals surface area contributed by atoms with Crippen LogP contribution in [-0.2, 0) is 4.79 Å². The molecule has 192 valence electrons. The second-order valence-electron chi connectivity index (χ2n) is 8.73. The lowest BCUT2D eigenvalue weighted by Crippen LogP contribution is -2.23. The number of nitrogens with zero attached hydrogens (tertiary/aromatic N) is 3. The van der Waals surface area contributed by atoms with Gasteiger partial charge in [0.15, 0.2) is 0 Å². The van der Waals surface area contributed by atoms with Gasteiger partial charge in [0.1, 0.15) is 17.2 Å². The number of carbonyl (C=O) groups excluding carboxylic acids is 1. The van der Waals surface area contributed by atoms with E-state index >= 15 is 0 Å². The van der Waals surface area contributed by atoms with Crippen molar-refractivity contribution < 1.29 is 22.4 Å². The normalized spacial score (nSPS) is 12.2. The van der Waals surface area contributed by atoms with Crippen molar-refractivity contribution in [3.8, 4) is 22.5 Å². The van der Waals surface area contributed by atoms with E-state index in [4.69, 9.17) is 0 Å². The van der Waals surface area contributed by atoms with Crippen LogP contribution in [0.4, 0.5) is 23.4 Å². The molecule has 0 aliphatic rings. The molecular formula is C28H21F4N5O. The highest BCUT2D eigenvalue weighted by molar-refractivity contribution is 6.02. The molecule has 4 heterocycles. The van der Waals surface area contributed by atoms with Gasteiger partial charge in [0.2, 0.25) is 18.3 Å². The van der Waals surface area contributed by atoms with Gasteiger partial charge in [0, 0.05) is 24.4 Å². The van der Waals surface area contributed by atoms with Crippen LogP contribution in [0.15, 0.2) is 73.1 Å². The summed E-state index contributed by atoms with van der Waals surface area (Å²) < 4.78 is 54.2. The summed E-state index contributed by atoms with van der Waals surface area (Å²) in [7, 11) is 0. The van der Waals surface area contributed by atoms with Gasteiger partial charge in [0.05, 0.1) is 28.4 Å². The highest BCUT2D eigenvalue weighted by Crippen LogP contribution is 2.38. The van der Waals surface area contributed by atoms with Crippen molar-refractivity contribution in [3.05, 3.63) is 95.9 Å². The first-order valence-corrected chi connectivity index (χ1v) is 11.7. The van der Waals surface area contributed by atoms with E-state index in [2.05, 4.69) is 25.3 Å². The largest absolute Gasteiger partial charge is 0.352 e. The Hall–Kier alpha value is -4.60. The third kappa shape index (κ3) is 5.10. The summed E-state index contributed by atoms with van der Waals surface area (Å²) >= 11 is 0. The van der Waals surface area contributed by atoms with Crippen LogP contribution < -0.4 is 5.32 Å². The molecule has 0 fully saturated rings. The first-order chi connectivity index (χ1) is 18.3. The molecular weight excluding hydrogens is 498 g/mol. The molecule has 5 rings (SSSR count). The summed E-state index contributed by atoms with van der Waals surface area (Å²) in [5.74, 6) is -2.97. The molecule has 0 radical (unpaired) electrons. The third-order valence-corrected chi connectivity index (χ3v) is 6.15. The van der Waals surface area contributed by atoms with E-state index in [0.717, 1.165) is 12.1 Å². The van der Waals surface area contributed by atoms with E-state index in [-0.39, 0.29) is 11.4 Å². The molecule has 1 aromatic carbocycles. The number of pyridine rings is 3. The Morgan fingerprint density at radius 2 is 1.79 bits per heavy atom. The van der Waals surface area contributed by atoms with E-state index < -0.39 is 36.4 Å². The SMILES string of the molecule is Cc1cc(F)nc2c(-c3ccccn3)c(-c3ccnc(NC(=O)C(CC(F)F)c4ccc(F)cc4)c3)[nH]c12. The smallest absolute Gasteiger partial charge is 0.239 e. The molecule has 1 unspecified atom stereocenters. The zero-order chi connectivity index (χ0) is 26.8. The number of hydrogen-bond acceptors (Lipinski definition) is 4. The van der Waals surface area contributed by atoms with Crippen LogP contribution in [-0.4, -0.2) is 32.3 Å². The van der Waals surface area contributed by atoms with Gasteiger partial charge in [-0.05, 0) is 60.5 Å². The number of aromatic amines is 1. The van der Waals surface area contributed by atoms with E-state index in [1.807, 2.05) is 0 Å². The van der Waals surface area contributed by atoms with Gasteiger partial charge >= 0.3 is 0 Å². The molecule has 0 bridgehead atoms. The maximum Gasteiger partial charge on any atom is 0.239 e. The number of benzene rings is 1. The Balaban J connectivity index is 1.54. The number of halogens is 4. The molecule has 0 aliphatic carbocycles. The number of rotatable bonds is 7. The Labute approximate surface area is 214 Å². The summed E-state index contributed by atoms with van der Waals surface area (Å²) in [6, 6.07) is 14.8. The molecule has 10 heteroatoms. The molecule has 0 aliphatic heterocycles. The highest BCUT2D eigenvalue weighted by atomic mass is 19.3. The van der Waals surface area contributed by atoms with Crippen LogP contribution in [0.1, 0.15) is 23.5 Å². The maximum absolute atomic E-state index is 14.3. The summed E-state index contributed by atoms with van der Waals surface area (Å²) in [5.41, 5.74) is 4.20. The van der Waals surface area contributed by atoms with Gasteiger partial charge in [-0.25, -0.2) is 23.1 Å². The molecule has 38 heavy (non-hydrogen) atoms. The average Bonchev–Trinajstić information content (AvgIpc) is 3.28. The number of amides is 1. The van der Waals surface area contributed by atoms with Gasteiger partial charge in [-0.3, -0.25) is 9.78 Å². The summed E-state index contributed by atoms with van der Waals surface area (Å²) in [5, 5.41) is 2.60. The summed E-state index contributed by atoms with van der Waals surface area (Å²) in [4.78, 5) is 29.0. The molecule has 2 N–H and O–H groups in total. The molecule has 6 nitrogen and oxygen atoms in total. The molecule has 4 aromatic heterocycles.